The molecule has 0 saturated carbocycles. The number of amides is 1. The third kappa shape index (κ3) is 4.22. The summed E-state index contributed by atoms with van der Waals surface area (Å²) in [6, 6.07) is 9.31. The van der Waals surface area contributed by atoms with Gasteiger partial charge < -0.3 is 14.6 Å². The summed E-state index contributed by atoms with van der Waals surface area (Å²) in [6.07, 6.45) is 0. The quantitative estimate of drug-likeness (QED) is 0.459. The number of rotatable bonds is 6. The van der Waals surface area contributed by atoms with E-state index in [1.807, 2.05) is 31.2 Å². The van der Waals surface area contributed by atoms with Crippen LogP contribution in [0, 0.1) is 13.8 Å². The Hall–Kier alpha value is -2.98. The van der Waals surface area contributed by atoms with Crippen LogP contribution in [0.15, 0.2) is 39.9 Å². The van der Waals surface area contributed by atoms with E-state index in [-0.39, 0.29) is 11.7 Å². The molecular formula is C19H17N5O3S2. The zero-order valence-electron chi connectivity index (χ0n) is 15.9. The van der Waals surface area contributed by atoms with Crippen molar-refractivity contribution in [3.05, 3.63) is 41.1 Å². The lowest BCUT2D eigenvalue weighted by molar-refractivity contribution is -0.113. The lowest BCUT2D eigenvalue weighted by Gasteiger charge is -2.06. The summed E-state index contributed by atoms with van der Waals surface area (Å²) in [5, 5.41) is 16.7. The molecule has 10 heteroatoms. The van der Waals surface area contributed by atoms with Crippen molar-refractivity contribution in [2.45, 2.75) is 18.9 Å². The van der Waals surface area contributed by atoms with Gasteiger partial charge in [-0.2, -0.15) is 0 Å². The van der Waals surface area contributed by atoms with Gasteiger partial charge in [-0.15, -0.1) is 21.5 Å². The van der Waals surface area contributed by atoms with Crippen molar-refractivity contribution in [3.63, 3.8) is 0 Å². The normalized spacial score (nSPS) is 11.0. The second kappa shape index (κ2) is 8.18. The number of ether oxygens (including phenoxy) is 1. The topological polar surface area (TPSA) is 103 Å². The Morgan fingerprint density at radius 2 is 2.03 bits per heavy atom. The highest BCUT2D eigenvalue weighted by Crippen LogP contribution is 2.35. The Morgan fingerprint density at radius 1 is 1.24 bits per heavy atom. The third-order valence-corrected chi connectivity index (χ3v) is 5.92. The number of methoxy groups -OCH3 is 1. The Labute approximate surface area is 174 Å². The SMILES string of the molecule is COc1ccc(-c2nnc(SCC(=O)Nc3cc(C)on3)c3nc(C)sc23)cc1. The molecule has 0 spiro atoms. The number of nitrogens with zero attached hydrogens (tertiary/aromatic N) is 4. The number of thiazole rings is 1. The van der Waals surface area contributed by atoms with Crippen molar-refractivity contribution in [3.8, 4) is 17.0 Å². The summed E-state index contributed by atoms with van der Waals surface area (Å²) in [7, 11) is 1.63. The van der Waals surface area contributed by atoms with Gasteiger partial charge in [-0.1, -0.05) is 16.9 Å². The van der Waals surface area contributed by atoms with E-state index in [1.54, 1.807) is 31.4 Å². The number of carbonyl (C=O) groups is 1. The highest BCUT2D eigenvalue weighted by atomic mass is 32.2. The first-order valence-corrected chi connectivity index (χ1v) is 10.5. The molecule has 0 atom stereocenters. The number of anilines is 1. The molecule has 29 heavy (non-hydrogen) atoms. The van der Waals surface area contributed by atoms with Crippen LogP contribution < -0.4 is 10.1 Å². The first-order valence-electron chi connectivity index (χ1n) is 8.67. The molecule has 8 nitrogen and oxygen atoms in total. The highest BCUT2D eigenvalue weighted by molar-refractivity contribution is 8.00. The summed E-state index contributed by atoms with van der Waals surface area (Å²) < 4.78 is 11.1. The van der Waals surface area contributed by atoms with Crippen LogP contribution in [0.5, 0.6) is 5.75 Å². The summed E-state index contributed by atoms with van der Waals surface area (Å²) in [6.45, 7) is 3.70. The zero-order valence-corrected chi connectivity index (χ0v) is 17.6. The molecule has 0 fully saturated rings. The minimum absolute atomic E-state index is 0.161. The van der Waals surface area contributed by atoms with Crippen molar-refractivity contribution < 1.29 is 14.1 Å². The van der Waals surface area contributed by atoms with E-state index in [2.05, 4.69) is 25.7 Å². The zero-order chi connectivity index (χ0) is 20.4. The second-order valence-corrected chi connectivity index (χ2v) is 8.32. The maximum absolute atomic E-state index is 12.2. The van der Waals surface area contributed by atoms with Gasteiger partial charge in [0.2, 0.25) is 5.91 Å². The summed E-state index contributed by atoms with van der Waals surface area (Å²) in [4.78, 5) is 16.8. The predicted octanol–water partition coefficient (Wildman–Crippen LogP) is 4.10. The van der Waals surface area contributed by atoms with Crippen LogP contribution in [0.3, 0.4) is 0 Å². The van der Waals surface area contributed by atoms with E-state index in [4.69, 9.17) is 9.26 Å². The molecule has 0 saturated heterocycles. The lowest BCUT2D eigenvalue weighted by atomic mass is 10.1. The van der Waals surface area contributed by atoms with Crippen molar-refractivity contribution in [1.82, 2.24) is 20.3 Å². The lowest BCUT2D eigenvalue weighted by Crippen LogP contribution is -2.14. The first kappa shape index (κ1) is 19.3. The van der Waals surface area contributed by atoms with Crippen molar-refractivity contribution in [2.75, 3.05) is 18.2 Å². The van der Waals surface area contributed by atoms with Crippen LogP contribution in [0.25, 0.3) is 21.5 Å². The van der Waals surface area contributed by atoms with Gasteiger partial charge in [0, 0.05) is 11.6 Å². The minimum Gasteiger partial charge on any atom is -0.497 e. The number of fused-ring (bicyclic) bond motifs is 1. The predicted molar refractivity (Wildman–Crippen MR) is 113 cm³/mol. The largest absolute Gasteiger partial charge is 0.497 e. The van der Waals surface area contributed by atoms with E-state index < -0.39 is 0 Å². The average Bonchev–Trinajstić information content (AvgIpc) is 3.31. The molecule has 148 valence electrons. The van der Waals surface area contributed by atoms with Gasteiger partial charge in [-0.25, -0.2) is 4.98 Å². The number of thioether (sulfide) groups is 1. The van der Waals surface area contributed by atoms with Gasteiger partial charge in [0.1, 0.15) is 27.7 Å². The molecular weight excluding hydrogens is 410 g/mol. The fourth-order valence-corrected chi connectivity index (χ4v) is 4.41. The average molecular weight is 428 g/mol. The molecule has 3 heterocycles. The maximum atomic E-state index is 12.2. The molecule has 0 aliphatic carbocycles. The van der Waals surface area contributed by atoms with E-state index >= 15 is 0 Å². The molecule has 4 rings (SSSR count). The number of aryl methyl sites for hydroxylation is 2. The molecule has 0 aliphatic heterocycles. The van der Waals surface area contributed by atoms with Crippen molar-refractivity contribution in [1.29, 1.82) is 0 Å². The summed E-state index contributed by atoms with van der Waals surface area (Å²) in [5.74, 6) is 1.76. The number of hydrogen-bond acceptors (Lipinski definition) is 9. The van der Waals surface area contributed by atoms with Crippen LogP contribution in [-0.2, 0) is 4.79 Å². The van der Waals surface area contributed by atoms with Gasteiger partial charge in [0.15, 0.2) is 5.82 Å². The molecule has 1 N–H and O–H groups in total. The minimum atomic E-state index is -0.204. The third-order valence-electron chi connectivity index (χ3n) is 3.99. The molecule has 0 radical (unpaired) electrons. The Bertz CT molecular complexity index is 1170. The van der Waals surface area contributed by atoms with E-state index in [1.165, 1.54) is 11.8 Å². The fraction of sp³-hybridized carbons (Fsp3) is 0.211. The van der Waals surface area contributed by atoms with Gasteiger partial charge in [-0.05, 0) is 38.1 Å². The van der Waals surface area contributed by atoms with Crippen molar-refractivity contribution in [2.24, 2.45) is 0 Å². The Morgan fingerprint density at radius 3 is 2.72 bits per heavy atom. The molecule has 0 unspecified atom stereocenters. The van der Waals surface area contributed by atoms with Gasteiger partial charge in [0.05, 0.1) is 22.6 Å². The van der Waals surface area contributed by atoms with Crippen LogP contribution in [-0.4, -0.2) is 39.1 Å². The van der Waals surface area contributed by atoms with E-state index in [0.717, 1.165) is 32.2 Å². The van der Waals surface area contributed by atoms with Crippen LogP contribution in [0.1, 0.15) is 10.8 Å². The molecule has 1 aromatic carbocycles. The molecule has 4 aromatic rings. The molecule has 3 aromatic heterocycles. The standard InChI is InChI=1S/C19H17N5O3S2/c1-10-8-14(24-27-10)21-15(25)9-28-19-17-18(29-11(2)20-17)16(22-23-19)12-4-6-13(26-3)7-5-12/h4-8H,9H2,1-3H3,(H,21,24,25). The number of nitrogens with one attached hydrogen (secondary N) is 1. The van der Waals surface area contributed by atoms with Crippen LogP contribution in [0.2, 0.25) is 0 Å². The number of carbonyl (C=O) groups excluding carboxylic acids is 1. The number of aromatic nitrogens is 4. The Kier molecular flexibility index (Phi) is 5.45. The molecule has 0 aliphatic rings. The van der Waals surface area contributed by atoms with Crippen LogP contribution in [0.4, 0.5) is 5.82 Å². The Balaban J connectivity index is 1.56. The molecule has 1 amide bonds. The second-order valence-electron chi connectivity index (χ2n) is 6.15. The molecule has 0 bridgehead atoms. The smallest absolute Gasteiger partial charge is 0.236 e. The van der Waals surface area contributed by atoms with Gasteiger partial charge in [-0.3, -0.25) is 4.79 Å². The first-order chi connectivity index (χ1) is 14.0. The number of benzene rings is 1. The van der Waals surface area contributed by atoms with Gasteiger partial charge in [0.25, 0.3) is 0 Å². The monoisotopic (exact) mass is 427 g/mol. The fourth-order valence-electron chi connectivity index (χ4n) is 2.69. The highest BCUT2D eigenvalue weighted by Gasteiger charge is 2.17. The van der Waals surface area contributed by atoms with Gasteiger partial charge >= 0.3 is 0 Å². The summed E-state index contributed by atoms with van der Waals surface area (Å²) in [5.41, 5.74) is 2.45. The van der Waals surface area contributed by atoms with Crippen LogP contribution >= 0.6 is 23.1 Å². The van der Waals surface area contributed by atoms with E-state index in [0.29, 0.717) is 16.6 Å². The maximum Gasteiger partial charge on any atom is 0.236 e. The van der Waals surface area contributed by atoms with E-state index in [9.17, 15) is 4.79 Å². The summed E-state index contributed by atoms with van der Waals surface area (Å²) >= 11 is 2.84. The number of hydrogen-bond donors (Lipinski definition) is 1. The van der Waals surface area contributed by atoms with Crippen molar-refractivity contribution >= 4 is 45.0 Å².